The Hall–Kier alpha value is -1.77. The third-order valence-electron chi connectivity index (χ3n) is 2.58. The van der Waals surface area contributed by atoms with E-state index in [-0.39, 0.29) is 0 Å². The summed E-state index contributed by atoms with van der Waals surface area (Å²) in [5.41, 5.74) is 8.85. The lowest BCUT2D eigenvalue weighted by Crippen LogP contribution is -1.96. The summed E-state index contributed by atoms with van der Waals surface area (Å²) < 4.78 is 5.17. The number of fused-ring (bicyclic) bond motifs is 1. The molecule has 0 amide bonds. The van der Waals surface area contributed by atoms with E-state index in [1.165, 1.54) is 0 Å². The minimum Gasteiger partial charge on any atom is -0.497 e. The Morgan fingerprint density at radius 3 is 2.87 bits per heavy atom. The third-order valence-corrected chi connectivity index (χ3v) is 2.58. The number of benzene rings is 1. The molecule has 2 rings (SSSR count). The molecule has 2 aromatic rings. The van der Waals surface area contributed by atoms with Crippen LogP contribution < -0.4 is 10.5 Å². The van der Waals surface area contributed by atoms with Crippen molar-refractivity contribution in [1.29, 1.82) is 0 Å². The van der Waals surface area contributed by atoms with Gasteiger partial charge in [0, 0.05) is 17.3 Å². The summed E-state index contributed by atoms with van der Waals surface area (Å²) >= 11 is 0. The maximum atomic E-state index is 6.06. The zero-order chi connectivity index (χ0) is 10.8. The van der Waals surface area contributed by atoms with Crippen LogP contribution in [-0.2, 0) is 6.42 Å². The molecule has 3 nitrogen and oxygen atoms in total. The molecule has 0 bridgehead atoms. The fourth-order valence-electron chi connectivity index (χ4n) is 1.64. The van der Waals surface area contributed by atoms with Crippen molar-refractivity contribution >= 4 is 16.6 Å². The van der Waals surface area contributed by atoms with Crippen LogP contribution in [0.1, 0.15) is 12.5 Å². The minimum absolute atomic E-state index is 0.807. The van der Waals surface area contributed by atoms with Crippen molar-refractivity contribution in [3.8, 4) is 5.75 Å². The van der Waals surface area contributed by atoms with E-state index in [1.54, 1.807) is 7.11 Å². The van der Waals surface area contributed by atoms with Gasteiger partial charge in [0.1, 0.15) is 5.75 Å². The molecule has 0 fully saturated rings. The van der Waals surface area contributed by atoms with Gasteiger partial charge in [0.25, 0.3) is 0 Å². The standard InChI is InChI=1S/C12H14N2O/c1-3-8-7-14-11-5-4-9(15-2)6-10(11)12(8)13/h4-7H,3H2,1-2H3,(H2,13,14). The lowest BCUT2D eigenvalue weighted by Gasteiger charge is -2.07. The molecule has 0 aliphatic carbocycles. The monoisotopic (exact) mass is 202 g/mol. The normalized spacial score (nSPS) is 10.5. The Labute approximate surface area is 88.9 Å². The van der Waals surface area contributed by atoms with E-state index in [2.05, 4.69) is 11.9 Å². The van der Waals surface area contributed by atoms with Crippen molar-refractivity contribution in [1.82, 2.24) is 4.98 Å². The largest absolute Gasteiger partial charge is 0.497 e. The Morgan fingerprint density at radius 1 is 1.40 bits per heavy atom. The zero-order valence-electron chi connectivity index (χ0n) is 8.95. The van der Waals surface area contributed by atoms with Gasteiger partial charge < -0.3 is 10.5 Å². The third kappa shape index (κ3) is 1.61. The van der Waals surface area contributed by atoms with E-state index in [0.717, 1.165) is 34.3 Å². The van der Waals surface area contributed by atoms with Crippen molar-refractivity contribution in [2.75, 3.05) is 12.8 Å². The first-order valence-electron chi connectivity index (χ1n) is 4.97. The lowest BCUT2D eigenvalue weighted by atomic mass is 10.1. The van der Waals surface area contributed by atoms with Gasteiger partial charge in [-0.15, -0.1) is 0 Å². The molecule has 1 aromatic heterocycles. The van der Waals surface area contributed by atoms with E-state index < -0.39 is 0 Å². The number of hydrogen-bond donors (Lipinski definition) is 1. The smallest absolute Gasteiger partial charge is 0.119 e. The zero-order valence-corrected chi connectivity index (χ0v) is 8.95. The fourth-order valence-corrected chi connectivity index (χ4v) is 1.64. The van der Waals surface area contributed by atoms with Crippen molar-refractivity contribution in [2.45, 2.75) is 13.3 Å². The van der Waals surface area contributed by atoms with Crippen molar-refractivity contribution < 1.29 is 4.74 Å². The maximum absolute atomic E-state index is 6.06. The van der Waals surface area contributed by atoms with Crippen LogP contribution in [0.3, 0.4) is 0 Å². The predicted octanol–water partition coefficient (Wildman–Crippen LogP) is 2.39. The Balaban J connectivity index is 2.72. The summed E-state index contributed by atoms with van der Waals surface area (Å²) in [6, 6.07) is 5.74. The molecule has 0 atom stereocenters. The van der Waals surface area contributed by atoms with Gasteiger partial charge in [-0.25, -0.2) is 0 Å². The summed E-state index contributed by atoms with van der Waals surface area (Å²) in [7, 11) is 1.65. The number of anilines is 1. The SMILES string of the molecule is CCc1cnc2ccc(OC)cc2c1N. The average molecular weight is 202 g/mol. The number of pyridine rings is 1. The van der Waals surface area contributed by atoms with Gasteiger partial charge in [-0.1, -0.05) is 6.92 Å². The molecule has 0 aliphatic heterocycles. The number of methoxy groups -OCH3 is 1. The Morgan fingerprint density at radius 2 is 2.20 bits per heavy atom. The van der Waals surface area contributed by atoms with Crippen LogP contribution in [0, 0.1) is 0 Å². The number of hydrogen-bond acceptors (Lipinski definition) is 3. The van der Waals surface area contributed by atoms with Crippen LogP contribution in [0.15, 0.2) is 24.4 Å². The highest BCUT2D eigenvalue weighted by Gasteiger charge is 2.05. The highest BCUT2D eigenvalue weighted by atomic mass is 16.5. The van der Waals surface area contributed by atoms with Crippen LogP contribution >= 0.6 is 0 Å². The number of aromatic nitrogens is 1. The first kappa shape index (κ1) is 9.77. The molecule has 1 aromatic carbocycles. The molecular weight excluding hydrogens is 188 g/mol. The minimum atomic E-state index is 0.807. The van der Waals surface area contributed by atoms with Crippen LogP contribution in [0.4, 0.5) is 5.69 Å². The second-order valence-electron chi connectivity index (χ2n) is 3.43. The van der Waals surface area contributed by atoms with Gasteiger partial charge in [-0.05, 0) is 30.2 Å². The molecule has 0 unspecified atom stereocenters. The van der Waals surface area contributed by atoms with Gasteiger partial charge in [-0.3, -0.25) is 4.98 Å². The van der Waals surface area contributed by atoms with E-state index in [9.17, 15) is 0 Å². The number of nitrogens with zero attached hydrogens (tertiary/aromatic N) is 1. The summed E-state index contributed by atoms with van der Waals surface area (Å²) in [6.07, 6.45) is 2.73. The Bertz CT molecular complexity index is 489. The molecule has 3 heteroatoms. The highest BCUT2D eigenvalue weighted by molar-refractivity contribution is 5.92. The van der Waals surface area contributed by atoms with Crippen LogP contribution in [-0.4, -0.2) is 12.1 Å². The maximum Gasteiger partial charge on any atom is 0.119 e. The molecule has 2 N–H and O–H groups in total. The first-order valence-corrected chi connectivity index (χ1v) is 4.97. The second-order valence-corrected chi connectivity index (χ2v) is 3.43. The van der Waals surface area contributed by atoms with Crippen molar-refractivity contribution in [3.63, 3.8) is 0 Å². The van der Waals surface area contributed by atoms with Crippen LogP contribution in [0.2, 0.25) is 0 Å². The summed E-state index contributed by atoms with van der Waals surface area (Å²) in [4.78, 5) is 4.35. The van der Waals surface area contributed by atoms with Crippen molar-refractivity contribution in [2.24, 2.45) is 0 Å². The van der Waals surface area contributed by atoms with Crippen molar-refractivity contribution in [3.05, 3.63) is 30.0 Å². The molecule has 78 valence electrons. The number of nitrogen functional groups attached to an aromatic ring is 1. The summed E-state index contributed by atoms with van der Waals surface area (Å²) in [5, 5.41) is 0.966. The number of nitrogens with two attached hydrogens (primary N) is 1. The summed E-state index contributed by atoms with van der Waals surface area (Å²) in [5.74, 6) is 0.809. The van der Waals surface area contributed by atoms with E-state index in [0.29, 0.717) is 0 Å². The van der Waals surface area contributed by atoms with E-state index >= 15 is 0 Å². The molecule has 0 spiro atoms. The molecule has 1 heterocycles. The van der Waals surface area contributed by atoms with Gasteiger partial charge in [0.15, 0.2) is 0 Å². The van der Waals surface area contributed by atoms with Crippen LogP contribution in [0.5, 0.6) is 5.75 Å². The van der Waals surface area contributed by atoms with Gasteiger partial charge >= 0.3 is 0 Å². The van der Waals surface area contributed by atoms with Crippen LogP contribution in [0.25, 0.3) is 10.9 Å². The lowest BCUT2D eigenvalue weighted by molar-refractivity contribution is 0.415. The topological polar surface area (TPSA) is 48.1 Å². The number of ether oxygens (including phenoxy) is 1. The molecule has 0 aliphatic rings. The first-order chi connectivity index (χ1) is 7.26. The van der Waals surface area contributed by atoms with E-state index in [4.69, 9.17) is 10.5 Å². The molecular formula is C12H14N2O. The molecule has 0 saturated heterocycles. The molecule has 15 heavy (non-hydrogen) atoms. The second kappa shape index (κ2) is 3.77. The van der Waals surface area contributed by atoms with E-state index in [1.807, 2.05) is 24.4 Å². The molecule has 0 saturated carbocycles. The summed E-state index contributed by atoms with van der Waals surface area (Å²) in [6.45, 7) is 2.07. The van der Waals surface area contributed by atoms with Gasteiger partial charge in [0.05, 0.1) is 12.6 Å². The predicted molar refractivity (Wildman–Crippen MR) is 62.1 cm³/mol. The highest BCUT2D eigenvalue weighted by Crippen LogP contribution is 2.26. The Kier molecular flexibility index (Phi) is 2.46. The van der Waals surface area contributed by atoms with Gasteiger partial charge in [-0.2, -0.15) is 0 Å². The fraction of sp³-hybridized carbons (Fsp3) is 0.250. The quantitative estimate of drug-likeness (QED) is 0.813. The average Bonchev–Trinajstić information content (AvgIpc) is 2.29. The number of aryl methyl sites for hydroxylation is 1. The van der Waals surface area contributed by atoms with Gasteiger partial charge in [0.2, 0.25) is 0 Å². The molecule has 0 radical (unpaired) electrons. The number of rotatable bonds is 2.